The molecule has 1 saturated heterocycles. The van der Waals surface area contributed by atoms with Gasteiger partial charge >= 0.3 is 11.8 Å². The van der Waals surface area contributed by atoms with E-state index in [4.69, 9.17) is 4.74 Å². The fourth-order valence-corrected chi connectivity index (χ4v) is 4.55. The molecule has 0 saturated carbocycles. The number of hydrogen-bond acceptors (Lipinski definition) is 5. The molecule has 2 aromatic rings. The first-order valence-electron chi connectivity index (χ1n) is 11.8. The van der Waals surface area contributed by atoms with Gasteiger partial charge in [0.15, 0.2) is 0 Å². The van der Waals surface area contributed by atoms with Gasteiger partial charge in [-0.2, -0.15) is 0 Å². The van der Waals surface area contributed by atoms with Crippen molar-refractivity contribution in [1.82, 2.24) is 10.2 Å². The summed E-state index contributed by atoms with van der Waals surface area (Å²) in [7, 11) is 2.11. The number of anilines is 2. The Balaban J connectivity index is 1.42. The lowest BCUT2D eigenvalue weighted by Crippen LogP contribution is -2.45. The quantitative estimate of drug-likeness (QED) is 0.662. The molecule has 0 unspecified atom stereocenters. The van der Waals surface area contributed by atoms with Gasteiger partial charge in [-0.1, -0.05) is 38.1 Å². The van der Waals surface area contributed by atoms with Gasteiger partial charge in [0.2, 0.25) is 0 Å². The van der Waals surface area contributed by atoms with E-state index in [1.54, 1.807) is 0 Å². The van der Waals surface area contributed by atoms with Gasteiger partial charge in [0.1, 0.15) is 0 Å². The molecule has 2 N–H and O–H groups in total. The highest BCUT2D eigenvalue weighted by molar-refractivity contribution is 6.39. The predicted octanol–water partition coefficient (Wildman–Crippen LogP) is 2.93. The number of carbonyl (C=O) groups excluding carboxylic acids is 2. The van der Waals surface area contributed by atoms with Crippen LogP contribution in [0.2, 0.25) is 0 Å². The number of nitrogens with one attached hydrogen (secondary N) is 2. The number of likely N-dealkylation sites (N-methyl/N-ethyl adjacent to an activating group) is 1. The fourth-order valence-electron chi connectivity index (χ4n) is 4.55. The Kier molecular flexibility index (Phi) is 7.30. The third-order valence-electron chi connectivity index (χ3n) is 6.60. The number of rotatable bonds is 6. The first-order chi connectivity index (χ1) is 15.9. The second-order valence-electron chi connectivity index (χ2n) is 9.16. The molecule has 0 radical (unpaired) electrons. The highest BCUT2D eigenvalue weighted by Crippen LogP contribution is 2.31. The summed E-state index contributed by atoms with van der Waals surface area (Å²) in [5.74, 6) is -0.861. The molecule has 2 heterocycles. The summed E-state index contributed by atoms with van der Waals surface area (Å²) in [6.45, 7) is 8.56. The van der Waals surface area contributed by atoms with Crippen LogP contribution in [-0.2, 0) is 20.7 Å². The zero-order valence-electron chi connectivity index (χ0n) is 19.8. The molecule has 0 aromatic heterocycles. The zero-order chi connectivity index (χ0) is 23.4. The first-order valence-corrected chi connectivity index (χ1v) is 11.8. The topological polar surface area (TPSA) is 73.9 Å². The van der Waals surface area contributed by atoms with Crippen LogP contribution in [0.1, 0.15) is 42.5 Å². The van der Waals surface area contributed by atoms with Crippen LogP contribution in [0.3, 0.4) is 0 Å². The van der Waals surface area contributed by atoms with Crippen molar-refractivity contribution in [1.29, 1.82) is 0 Å². The molecule has 1 atom stereocenters. The predicted molar refractivity (Wildman–Crippen MR) is 131 cm³/mol. The molecule has 7 nitrogen and oxygen atoms in total. The third kappa shape index (κ3) is 5.54. The lowest BCUT2D eigenvalue weighted by Gasteiger charge is -2.35. The van der Waals surface area contributed by atoms with Crippen molar-refractivity contribution in [3.8, 4) is 0 Å². The van der Waals surface area contributed by atoms with Crippen molar-refractivity contribution in [2.45, 2.75) is 32.2 Å². The lowest BCUT2D eigenvalue weighted by molar-refractivity contribution is -0.136. The number of carbonyl (C=O) groups is 2. The molecule has 2 aliphatic heterocycles. The lowest BCUT2D eigenvalue weighted by atomic mass is 10.0. The van der Waals surface area contributed by atoms with Crippen LogP contribution in [-0.4, -0.2) is 63.2 Å². The minimum atomic E-state index is -0.649. The maximum atomic E-state index is 12.6. The summed E-state index contributed by atoms with van der Waals surface area (Å²) < 4.78 is 5.53. The monoisotopic (exact) mass is 450 g/mol. The standard InChI is InChI=1S/C26H34N4O3/c1-18(2)19-4-7-22(8-5-19)28-26(32)25(31)27-17-24(30-12-14-33-15-13-30)20-6-9-23-21(16-20)10-11-29(23)3/h4-9,16,18,24H,10-15,17H2,1-3H3,(H,27,31)(H,28,32)/t24-/m0/s1. The Morgan fingerprint density at radius 3 is 2.36 bits per heavy atom. The van der Waals surface area contributed by atoms with Crippen LogP contribution < -0.4 is 15.5 Å². The van der Waals surface area contributed by atoms with Crippen molar-refractivity contribution in [2.75, 3.05) is 56.7 Å². The molecule has 1 fully saturated rings. The Morgan fingerprint density at radius 2 is 1.67 bits per heavy atom. The van der Waals surface area contributed by atoms with E-state index in [2.05, 4.69) is 59.5 Å². The number of hydrogen-bond donors (Lipinski definition) is 2. The second-order valence-corrected chi connectivity index (χ2v) is 9.16. The molecule has 4 rings (SSSR count). The van der Waals surface area contributed by atoms with E-state index in [-0.39, 0.29) is 6.04 Å². The van der Waals surface area contributed by atoms with Gasteiger partial charge < -0.3 is 20.3 Å². The van der Waals surface area contributed by atoms with Crippen molar-refractivity contribution in [3.05, 3.63) is 59.2 Å². The maximum Gasteiger partial charge on any atom is 0.313 e. The highest BCUT2D eigenvalue weighted by Gasteiger charge is 2.26. The number of nitrogens with zero attached hydrogens (tertiary/aromatic N) is 2. The van der Waals surface area contributed by atoms with E-state index in [0.29, 0.717) is 31.4 Å². The van der Waals surface area contributed by atoms with E-state index in [0.717, 1.165) is 31.6 Å². The average molecular weight is 451 g/mol. The number of fused-ring (bicyclic) bond motifs is 1. The van der Waals surface area contributed by atoms with Crippen molar-refractivity contribution < 1.29 is 14.3 Å². The zero-order valence-corrected chi connectivity index (χ0v) is 19.8. The normalized spacial score (nSPS) is 17.0. The first kappa shape index (κ1) is 23.3. The Labute approximate surface area is 196 Å². The van der Waals surface area contributed by atoms with Crippen LogP contribution in [0, 0.1) is 0 Å². The molecule has 0 bridgehead atoms. The van der Waals surface area contributed by atoms with Crippen LogP contribution in [0.5, 0.6) is 0 Å². The average Bonchev–Trinajstić information content (AvgIpc) is 3.20. The number of ether oxygens (including phenoxy) is 1. The second kappa shape index (κ2) is 10.4. The molecule has 2 amide bonds. The fraction of sp³-hybridized carbons (Fsp3) is 0.462. The SMILES string of the molecule is CC(C)c1ccc(NC(=O)C(=O)NC[C@@H](c2ccc3c(c2)CCN3C)N2CCOCC2)cc1. The van der Waals surface area contributed by atoms with E-state index in [1.807, 2.05) is 24.3 Å². The van der Waals surface area contributed by atoms with Crippen LogP contribution >= 0.6 is 0 Å². The van der Waals surface area contributed by atoms with Gasteiger partial charge in [-0.15, -0.1) is 0 Å². The maximum absolute atomic E-state index is 12.6. The number of amides is 2. The molecule has 2 aromatic carbocycles. The minimum Gasteiger partial charge on any atom is -0.379 e. The number of benzene rings is 2. The van der Waals surface area contributed by atoms with Gasteiger partial charge in [-0.3, -0.25) is 14.5 Å². The van der Waals surface area contributed by atoms with E-state index in [9.17, 15) is 9.59 Å². The summed E-state index contributed by atoms with van der Waals surface area (Å²) in [5, 5.41) is 5.56. The Bertz CT molecular complexity index is 984. The highest BCUT2D eigenvalue weighted by atomic mass is 16.5. The molecule has 0 aliphatic carbocycles. The van der Waals surface area contributed by atoms with Crippen LogP contribution in [0.15, 0.2) is 42.5 Å². The van der Waals surface area contributed by atoms with Gasteiger partial charge in [0.05, 0.1) is 19.3 Å². The third-order valence-corrected chi connectivity index (χ3v) is 6.60. The van der Waals surface area contributed by atoms with Gasteiger partial charge in [-0.25, -0.2) is 0 Å². The Morgan fingerprint density at radius 1 is 0.970 bits per heavy atom. The van der Waals surface area contributed by atoms with E-state index < -0.39 is 11.8 Å². The largest absolute Gasteiger partial charge is 0.379 e. The molecule has 176 valence electrons. The number of morpholine rings is 1. The molecular weight excluding hydrogens is 416 g/mol. The Hall–Kier alpha value is -2.90. The summed E-state index contributed by atoms with van der Waals surface area (Å²) >= 11 is 0. The van der Waals surface area contributed by atoms with Crippen LogP contribution in [0.4, 0.5) is 11.4 Å². The van der Waals surface area contributed by atoms with Crippen LogP contribution in [0.25, 0.3) is 0 Å². The summed E-state index contributed by atoms with van der Waals surface area (Å²) in [5.41, 5.74) is 5.57. The van der Waals surface area contributed by atoms with Crippen molar-refractivity contribution in [2.24, 2.45) is 0 Å². The van der Waals surface area contributed by atoms with E-state index in [1.165, 1.54) is 16.8 Å². The molecule has 2 aliphatic rings. The van der Waals surface area contributed by atoms with Crippen molar-refractivity contribution in [3.63, 3.8) is 0 Å². The molecular formula is C26H34N4O3. The van der Waals surface area contributed by atoms with Gasteiger partial charge in [0.25, 0.3) is 0 Å². The van der Waals surface area contributed by atoms with Crippen molar-refractivity contribution >= 4 is 23.2 Å². The van der Waals surface area contributed by atoms with E-state index >= 15 is 0 Å². The molecule has 7 heteroatoms. The summed E-state index contributed by atoms with van der Waals surface area (Å²) in [6.07, 6.45) is 1.03. The molecule has 0 spiro atoms. The minimum absolute atomic E-state index is 0.00724. The van der Waals surface area contributed by atoms with Gasteiger partial charge in [0, 0.05) is 44.6 Å². The molecule has 33 heavy (non-hydrogen) atoms. The summed E-state index contributed by atoms with van der Waals surface area (Å²) in [6, 6.07) is 14.2. The van der Waals surface area contributed by atoms with Gasteiger partial charge in [-0.05, 0) is 47.2 Å². The summed E-state index contributed by atoms with van der Waals surface area (Å²) in [4.78, 5) is 29.7. The smallest absolute Gasteiger partial charge is 0.313 e.